The van der Waals surface area contributed by atoms with Crippen molar-refractivity contribution in [2.45, 2.75) is 77.7 Å². The highest BCUT2D eigenvalue weighted by Gasteiger charge is 2.22. The quantitative estimate of drug-likeness (QED) is 0.597. The molecule has 0 aliphatic carbocycles. The van der Waals surface area contributed by atoms with Gasteiger partial charge in [-0.1, -0.05) is 45.4 Å². The number of hydrogen-bond donors (Lipinski definition) is 1. The Morgan fingerprint density at radius 3 is 1.93 bits per heavy atom. The summed E-state index contributed by atoms with van der Waals surface area (Å²) in [5.41, 5.74) is -1.14. The first-order valence-electron chi connectivity index (χ1n) is 6.24. The fourth-order valence-electron chi connectivity index (χ4n) is 1.55. The van der Waals surface area contributed by atoms with Crippen LogP contribution in [-0.4, -0.2) is 16.5 Å². The van der Waals surface area contributed by atoms with Crippen LogP contribution >= 0.6 is 0 Å². The summed E-state index contributed by atoms with van der Waals surface area (Å²) in [5, 5.41) is 9.41. The molecule has 90 valence electrons. The summed E-state index contributed by atoms with van der Waals surface area (Å²) in [6.45, 7) is 5.34. The van der Waals surface area contributed by atoms with Crippen LogP contribution in [0.4, 0.5) is 0 Å². The van der Waals surface area contributed by atoms with Gasteiger partial charge in [0, 0.05) is 6.42 Å². The summed E-state index contributed by atoms with van der Waals surface area (Å²) in [6.07, 6.45) is 8.98. The minimum Gasteiger partial charge on any atom is -0.383 e. The number of rotatable bonds is 9. The van der Waals surface area contributed by atoms with E-state index in [9.17, 15) is 9.90 Å². The molecule has 0 aliphatic rings. The van der Waals surface area contributed by atoms with Gasteiger partial charge in [0.15, 0.2) is 5.78 Å². The molecule has 2 nitrogen and oxygen atoms in total. The van der Waals surface area contributed by atoms with Crippen molar-refractivity contribution in [1.29, 1.82) is 0 Å². The Bertz CT molecular complexity index is 168. The molecule has 0 saturated heterocycles. The van der Waals surface area contributed by atoms with Crippen LogP contribution in [0, 0.1) is 0 Å². The maximum absolute atomic E-state index is 11.3. The van der Waals surface area contributed by atoms with Gasteiger partial charge in [-0.15, -0.1) is 0 Å². The Labute approximate surface area is 94.1 Å². The van der Waals surface area contributed by atoms with E-state index in [1.54, 1.807) is 13.8 Å². The van der Waals surface area contributed by atoms with Crippen LogP contribution in [0.3, 0.4) is 0 Å². The normalized spacial score (nSPS) is 11.7. The Morgan fingerprint density at radius 2 is 1.47 bits per heavy atom. The van der Waals surface area contributed by atoms with Crippen LogP contribution in [0.5, 0.6) is 0 Å². The highest BCUT2D eigenvalue weighted by Crippen LogP contribution is 2.12. The van der Waals surface area contributed by atoms with Gasteiger partial charge in [-0.25, -0.2) is 0 Å². The van der Waals surface area contributed by atoms with Crippen molar-refractivity contribution in [3.63, 3.8) is 0 Å². The highest BCUT2D eigenvalue weighted by atomic mass is 16.3. The predicted molar refractivity (Wildman–Crippen MR) is 63.9 cm³/mol. The van der Waals surface area contributed by atoms with E-state index in [1.165, 1.54) is 32.1 Å². The third kappa shape index (κ3) is 8.61. The molecule has 0 unspecified atom stereocenters. The summed E-state index contributed by atoms with van der Waals surface area (Å²) >= 11 is 0. The van der Waals surface area contributed by atoms with Crippen molar-refractivity contribution in [2.24, 2.45) is 0 Å². The summed E-state index contributed by atoms with van der Waals surface area (Å²) in [6, 6.07) is 0. The molecule has 2 heteroatoms. The molecule has 0 bridgehead atoms. The fraction of sp³-hybridized carbons (Fsp3) is 0.923. The van der Waals surface area contributed by atoms with Crippen LogP contribution in [-0.2, 0) is 4.79 Å². The van der Waals surface area contributed by atoms with E-state index in [1.807, 2.05) is 0 Å². The summed E-state index contributed by atoms with van der Waals surface area (Å²) in [7, 11) is 0. The molecular formula is C13H26O2. The van der Waals surface area contributed by atoms with Crippen LogP contribution in [0.2, 0.25) is 0 Å². The first-order valence-corrected chi connectivity index (χ1v) is 6.24. The van der Waals surface area contributed by atoms with Crippen LogP contribution < -0.4 is 0 Å². The Balaban J connectivity index is 3.28. The fourth-order valence-corrected chi connectivity index (χ4v) is 1.55. The molecule has 0 aromatic rings. The molecule has 0 heterocycles. The van der Waals surface area contributed by atoms with E-state index in [2.05, 4.69) is 6.92 Å². The molecule has 0 amide bonds. The Hall–Kier alpha value is -0.370. The van der Waals surface area contributed by atoms with Gasteiger partial charge < -0.3 is 5.11 Å². The van der Waals surface area contributed by atoms with Crippen LogP contribution in [0.15, 0.2) is 0 Å². The van der Waals surface area contributed by atoms with Crippen LogP contribution in [0.25, 0.3) is 0 Å². The molecule has 0 rings (SSSR count). The van der Waals surface area contributed by atoms with Crippen molar-refractivity contribution in [2.75, 3.05) is 0 Å². The first kappa shape index (κ1) is 14.6. The number of hydrogen-bond acceptors (Lipinski definition) is 2. The monoisotopic (exact) mass is 214 g/mol. The zero-order chi connectivity index (χ0) is 11.7. The Kier molecular flexibility index (Phi) is 7.67. The van der Waals surface area contributed by atoms with Gasteiger partial charge in [0.05, 0.1) is 0 Å². The molecule has 0 fully saturated rings. The summed E-state index contributed by atoms with van der Waals surface area (Å²) in [4.78, 5) is 11.3. The van der Waals surface area contributed by atoms with Gasteiger partial charge in [-0.2, -0.15) is 0 Å². The molecule has 1 N–H and O–H groups in total. The largest absolute Gasteiger partial charge is 0.383 e. The van der Waals surface area contributed by atoms with E-state index < -0.39 is 5.60 Å². The van der Waals surface area contributed by atoms with E-state index >= 15 is 0 Å². The van der Waals surface area contributed by atoms with Crippen molar-refractivity contribution in [1.82, 2.24) is 0 Å². The molecule has 0 radical (unpaired) electrons. The maximum Gasteiger partial charge on any atom is 0.163 e. The second-order valence-electron chi connectivity index (χ2n) is 4.85. The summed E-state index contributed by atoms with van der Waals surface area (Å²) in [5.74, 6) is -0.0314. The van der Waals surface area contributed by atoms with Gasteiger partial charge in [-0.3, -0.25) is 4.79 Å². The van der Waals surface area contributed by atoms with Crippen molar-refractivity contribution >= 4 is 5.78 Å². The minimum atomic E-state index is -1.14. The first-order chi connectivity index (χ1) is 6.98. The summed E-state index contributed by atoms with van der Waals surface area (Å²) < 4.78 is 0. The van der Waals surface area contributed by atoms with Gasteiger partial charge in [0.25, 0.3) is 0 Å². The molecule has 0 aromatic heterocycles. The average Bonchev–Trinajstić information content (AvgIpc) is 2.14. The van der Waals surface area contributed by atoms with Crippen molar-refractivity contribution in [3.05, 3.63) is 0 Å². The zero-order valence-electron chi connectivity index (χ0n) is 10.5. The lowest BCUT2D eigenvalue weighted by molar-refractivity contribution is -0.134. The third-order valence-corrected chi connectivity index (χ3v) is 2.69. The number of carbonyl (C=O) groups excluding carboxylic acids is 1. The SMILES string of the molecule is CCCCCCCCCC(=O)C(C)(C)O. The topological polar surface area (TPSA) is 37.3 Å². The van der Waals surface area contributed by atoms with Gasteiger partial charge in [0.1, 0.15) is 5.60 Å². The molecule has 0 spiro atoms. The predicted octanol–water partition coefficient (Wildman–Crippen LogP) is 3.47. The number of ketones is 1. The highest BCUT2D eigenvalue weighted by molar-refractivity contribution is 5.86. The Morgan fingerprint density at radius 1 is 1.00 bits per heavy atom. The van der Waals surface area contributed by atoms with E-state index in [4.69, 9.17) is 0 Å². The molecule has 0 atom stereocenters. The van der Waals surface area contributed by atoms with E-state index in [0.717, 1.165) is 12.8 Å². The number of Topliss-reactive ketones (excluding diaryl/α,β-unsaturated/α-hetero) is 1. The maximum atomic E-state index is 11.3. The number of carbonyl (C=O) groups is 1. The zero-order valence-corrected chi connectivity index (χ0v) is 10.5. The lowest BCUT2D eigenvalue weighted by atomic mass is 9.98. The molecule has 0 aromatic carbocycles. The van der Waals surface area contributed by atoms with E-state index in [0.29, 0.717) is 6.42 Å². The third-order valence-electron chi connectivity index (χ3n) is 2.69. The lowest BCUT2D eigenvalue weighted by Crippen LogP contribution is -2.30. The second kappa shape index (κ2) is 7.86. The standard InChI is InChI=1S/C13H26O2/c1-4-5-6-7-8-9-10-11-12(14)13(2,3)15/h15H,4-11H2,1-3H3. The molecular weight excluding hydrogens is 188 g/mol. The second-order valence-corrected chi connectivity index (χ2v) is 4.85. The molecule has 0 saturated carbocycles. The lowest BCUT2D eigenvalue weighted by Gasteiger charge is -2.14. The van der Waals surface area contributed by atoms with Crippen molar-refractivity contribution in [3.8, 4) is 0 Å². The van der Waals surface area contributed by atoms with Gasteiger partial charge in [-0.05, 0) is 20.3 Å². The smallest absolute Gasteiger partial charge is 0.163 e. The minimum absolute atomic E-state index is 0.0314. The van der Waals surface area contributed by atoms with Gasteiger partial charge >= 0.3 is 0 Å². The average molecular weight is 214 g/mol. The van der Waals surface area contributed by atoms with Crippen LogP contribution in [0.1, 0.15) is 72.1 Å². The van der Waals surface area contributed by atoms with Gasteiger partial charge in [0.2, 0.25) is 0 Å². The number of unbranched alkanes of at least 4 members (excludes halogenated alkanes) is 6. The molecule has 15 heavy (non-hydrogen) atoms. The number of aliphatic hydroxyl groups is 1. The molecule has 0 aliphatic heterocycles. The van der Waals surface area contributed by atoms with Crippen molar-refractivity contribution < 1.29 is 9.90 Å². The van der Waals surface area contributed by atoms with E-state index in [-0.39, 0.29) is 5.78 Å².